The van der Waals surface area contributed by atoms with Crippen molar-refractivity contribution < 1.29 is 15.0 Å². The van der Waals surface area contributed by atoms with Gasteiger partial charge in [0.05, 0.1) is 0 Å². The van der Waals surface area contributed by atoms with E-state index in [2.05, 4.69) is 0 Å². The van der Waals surface area contributed by atoms with Gasteiger partial charge in [-0.25, -0.2) is 0 Å². The topological polar surface area (TPSA) is 57.5 Å². The van der Waals surface area contributed by atoms with Crippen LogP contribution in [0.2, 0.25) is 0 Å². The minimum Gasteiger partial charge on any atom is -0.504 e. The van der Waals surface area contributed by atoms with E-state index in [-0.39, 0.29) is 17.3 Å². The van der Waals surface area contributed by atoms with Crippen molar-refractivity contribution in [3.8, 4) is 11.5 Å². The van der Waals surface area contributed by atoms with Crippen molar-refractivity contribution in [2.45, 2.75) is 0 Å². The number of benzene rings is 2. The molecule has 0 saturated heterocycles. The standard InChI is InChI=1S/C17H14O3/c18-15(9-6-13-4-2-1-3-5-13)10-7-14-8-11-16(19)17(20)12-14/h1-12,19-20H/b9-6+,10-7+. The summed E-state index contributed by atoms with van der Waals surface area (Å²) in [6.45, 7) is 0. The number of hydrogen-bond acceptors (Lipinski definition) is 3. The number of carbonyl (C=O) groups is 1. The van der Waals surface area contributed by atoms with Crippen LogP contribution >= 0.6 is 0 Å². The molecule has 0 aliphatic carbocycles. The van der Waals surface area contributed by atoms with E-state index in [0.29, 0.717) is 5.56 Å². The first-order valence-electron chi connectivity index (χ1n) is 6.12. The van der Waals surface area contributed by atoms with Gasteiger partial charge < -0.3 is 10.2 Å². The Labute approximate surface area is 117 Å². The third-order valence-corrected chi connectivity index (χ3v) is 2.68. The van der Waals surface area contributed by atoms with Crippen LogP contribution in [-0.2, 0) is 4.79 Å². The molecule has 2 aromatic carbocycles. The molecule has 0 aliphatic rings. The maximum Gasteiger partial charge on any atom is 0.178 e. The van der Waals surface area contributed by atoms with E-state index in [0.717, 1.165) is 5.56 Å². The summed E-state index contributed by atoms with van der Waals surface area (Å²) in [5.41, 5.74) is 1.60. The minimum atomic E-state index is -0.209. The number of phenolic OH excluding ortho intramolecular Hbond substituents is 2. The van der Waals surface area contributed by atoms with Crippen LogP contribution in [0.1, 0.15) is 11.1 Å². The SMILES string of the molecule is O=C(/C=C/c1ccccc1)/C=C/c1ccc(O)c(O)c1. The Balaban J connectivity index is 2.02. The zero-order valence-electron chi connectivity index (χ0n) is 10.7. The van der Waals surface area contributed by atoms with Gasteiger partial charge in [-0.15, -0.1) is 0 Å². The Morgan fingerprint density at radius 3 is 2.10 bits per heavy atom. The van der Waals surface area contributed by atoms with Gasteiger partial charge in [-0.05, 0) is 35.4 Å². The third kappa shape index (κ3) is 3.85. The Kier molecular flexibility index (Phi) is 4.35. The van der Waals surface area contributed by atoms with Crippen molar-refractivity contribution in [3.05, 3.63) is 71.8 Å². The Bertz CT molecular complexity index is 655. The van der Waals surface area contributed by atoms with Crippen LogP contribution in [0.25, 0.3) is 12.2 Å². The van der Waals surface area contributed by atoms with Crippen LogP contribution in [0.5, 0.6) is 11.5 Å². The molecule has 20 heavy (non-hydrogen) atoms. The van der Waals surface area contributed by atoms with E-state index in [9.17, 15) is 15.0 Å². The molecule has 0 aromatic heterocycles. The molecular formula is C17H14O3. The van der Waals surface area contributed by atoms with Gasteiger partial charge in [0.15, 0.2) is 17.3 Å². The molecule has 0 saturated carbocycles. The molecule has 0 bridgehead atoms. The number of aromatic hydroxyl groups is 2. The fourth-order valence-corrected chi connectivity index (χ4v) is 1.62. The highest BCUT2D eigenvalue weighted by molar-refractivity contribution is 6.04. The molecule has 0 aliphatic heterocycles. The smallest absolute Gasteiger partial charge is 0.178 e. The monoisotopic (exact) mass is 266 g/mol. The summed E-state index contributed by atoms with van der Waals surface area (Å²) in [5.74, 6) is -0.543. The second-order valence-corrected chi connectivity index (χ2v) is 4.23. The van der Waals surface area contributed by atoms with E-state index >= 15 is 0 Å². The van der Waals surface area contributed by atoms with Gasteiger partial charge in [-0.1, -0.05) is 48.6 Å². The van der Waals surface area contributed by atoms with Crippen LogP contribution in [0.3, 0.4) is 0 Å². The van der Waals surface area contributed by atoms with Crippen molar-refractivity contribution in [2.75, 3.05) is 0 Å². The summed E-state index contributed by atoms with van der Waals surface area (Å²) in [7, 11) is 0. The molecular weight excluding hydrogens is 252 g/mol. The lowest BCUT2D eigenvalue weighted by molar-refractivity contribution is -0.110. The lowest BCUT2D eigenvalue weighted by Gasteiger charge is -1.97. The van der Waals surface area contributed by atoms with E-state index < -0.39 is 0 Å². The first-order chi connectivity index (χ1) is 9.65. The number of allylic oxidation sites excluding steroid dienone is 2. The first kappa shape index (κ1) is 13.6. The van der Waals surface area contributed by atoms with E-state index in [1.54, 1.807) is 18.2 Å². The highest BCUT2D eigenvalue weighted by Gasteiger charge is 1.98. The zero-order chi connectivity index (χ0) is 14.4. The van der Waals surface area contributed by atoms with Gasteiger partial charge in [0, 0.05) is 0 Å². The second-order valence-electron chi connectivity index (χ2n) is 4.23. The zero-order valence-corrected chi connectivity index (χ0v) is 10.7. The Hall–Kier alpha value is -2.81. The highest BCUT2D eigenvalue weighted by atomic mass is 16.3. The molecule has 0 unspecified atom stereocenters. The molecule has 0 heterocycles. The summed E-state index contributed by atoms with van der Waals surface area (Å²) >= 11 is 0. The van der Waals surface area contributed by atoms with E-state index in [1.165, 1.54) is 24.3 Å². The maximum absolute atomic E-state index is 11.7. The average Bonchev–Trinajstić information content (AvgIpc) is 2.47. The van der Waals surface area contributed by atoms with Crippen LogP contribution in [0, 0.1) is 0 Å². The lowest BCUT2D eigenvalue weighted by atomic mass is 10.1. The molecule has 2 N–H and O–H groups in total. The number of hydrogen-bond donors (Lipinski definition) is 2. The van der Waals surface area contributed by atoms with Crippen LogP contribution < -0.4 is 0 Å². The Morgan fingerprint density at radius 2 is 1.45 bits per heavy atom. The van der Waals surface area contributed by atoms with Gasteiger partial charge in [0.1, 0.15) is 0 Å². The molecule has 0 atom stereocenters. The summed E-state index contributed by atoms with van der Waals surface area (Å²) in [5, 5.41) is 18.5. The molecule has 3 nitrogen and oxygen atoms in total. The number of carbonyl (C=O) groups excluding carboxylic acids is 1. The van der Waals surface area contributed by atoms with Crippen molar-refractivity contribution >= 4 is 17.9 Å². The van der Waals surface area contributed by atoms with Gasteiger partial charge in [-0.3, -0.25) is 4.79 Å². The predicted octanol–water partition coefficient (Wildman–Crippen LogP) is 3.39. The van der Waals surface area contributed by atoms with Crippen LogP contribution in [-0.4, -0.2) is 16.0 Å². The van der Waals surface area contributed by atoms with Gasteiger partial charge in [0.25, 0.3) is 0 Å². The summed E-state index contributed by atoms with van der Waals surface area (Å²) in [6, 6.07) is 13.9. The molecule has 3 heteroatoms. The molecule has 0 fully saturated rings. The first-order valence-corrected chi connectivity index (χ1v) is 6.12. The quantitative estimate of drug-likeness (QED) is 0.658. The molecule has 2 aromatic rings. The maximum atomic E-state index is 11.7. The molecule has 0 radical (unpaired) electrons. The van der Waals surface area contributed by atoms with Crippen molar-refractivity contribution in [3.63, 3.8) is 0 Å². The van der Waals surface area contributed by atoms with Gasteiger partial charge in [0.2, 0.25) is 0 Å². The fourth-order valence-electron chi connectivity index (χ4n) is 1.62. The highest BCUT2D eigenvalue weighted by Crippen LogP contribution is 2.25. The molecule has 0 spiro atoms. The average molecular weight is 266 g/mol. The number of ketones is 1. The van der Waals surface area contributed by atoms with Crippen molar-refractivity contribution in [1.29, 1.82) is 0 Å². The number of rotatable bonds is 4. The largest absolute Gasteiger partial charge is 0.504 e. The van der Waals surface area contributed by atoms with Gasteiger partial charge >= 0.3 is 0 Å². The normalized spacial score (nSPS) is 11.2. The summed E-state index contributed by atoms with van der Waals surface area (Å²) in [4.78, 5) is 11.7. The summed E-state index contributed by atoms with van der Waals surface area (Å²) in [6.07, 6.45) is 6.20. The third-order valence-electron chi connectivity index (χ3n) is 2.68. The minimum absolute atomic E-state index is 0.151. The van der Waals surface area contributed by atoms with Gasteiger partial charge in [-0.2, -0.15) is 0 Å². The van der Waals surface area contributed by atoms with Crippen LogP contribution in [0.15, 0.2) is 60.7 Å². The molecule has 2 rings (SSSR count). The second kappa shape index (κ2) is 6.38. The fraction of sp³-hybridized carbons (Fsp3) is 0. The summed E-state index contributed by atoms with van der Waals surface area (Å²) < 4.78 is 0. The van der Waals surface area contributed by atoms with E-state index in [4.69, 9.17) is 0 Å². The van der Waals surface area contributed by atoms with Crippen molar-refractivity contribution in [2.24, 2.45) is 0 Å². The van der Waals surface area contributed by atoms with E-state index in [1.807, 2.05) is 30.3 Å². The number of phenols is 2. The van der Waals surface area contributed by atoms with Crippen LogP contribution in [0.4, 0.5) is 0 Å². The Morgan fingerprint density at radius 1 is 0.800 bits per heavy atom. The molecule has 100 valence electrons. The lowest BCUT2D eigenvalue weighted by Crippen LogP contribution is -1.84. The predicted molar refractivity (Wildman–Crippen MR) is 79.3 cm³/mol. The van der Waals surface area contributed by atoms with Crippen molar-refractivity contribution in [1.82, 2.24) is 0 Å². The molecule has 0 amide bonds.